The second-order valence-corrected chi connectivity index (χ2v) is 10.1. The number of thioether (sulfide) groups is 1. The van der Waals surface area contributed by atoms with Gasteiger partial charge in [-0.05, 0) is 26.8 Å². The Labute approximate surface area is 201 Å². The average Bonchev–Trinajstić information content (AvgIpc) is 3.11. The van der Waals surface area contributed by atoms with Gasteiger partial charge in [0.1, 0.15) is 29.9 Å². The van der Waals surface area contributed by atoms with E-state index in [0.29, 0.717) is 17.1 Å². The molecule has 2 aliphatic heterocycles. The van der Waals surface area contributed by atoms with Crippen molar-refractivity contribution in [3.8, 4) is 0 Å². The fourth-order valence-corrected chi connectivity index (χ4v) is 4.67. The van der Waals surface area contributed by atoms with Crippen molar-refractivity contribution in [1.82, 2.24) is 15.2 Å². The first-order chi connectivity index (χ1) is 16.0. The minimum absolute atomic E-state index is 0.0323. The third-order valence-electron chi connectivity index (χ3n) is 4.56. The number of halogens is 1. The molecule has 0 saturated carbocycles. The Morgan fingerprint density at radius 1 is 1.35 bits per heavy atom. The van der Waals surface area contributed by atoms with Crippen LogP contribution in [0.15, 0.2) is 16.9 Å². The lowest BCUT2D eigenvalue weighted by atomic mass is 9.98. The lowest BCUT2D eigenvalue weighted by molar-refractivity contribution is -0.173. The number of esters is 2. The number of hydrogen-bond donors (Lipinski definition) is 2. The number of carbonyl (C=O) groups is 4. The molecule has 3 heterocycles. The van der Waals surface area contributed by atoms with Crippen LogP contribution < -0.4 is 11.1 Å². The van der Waals surface area contributed by atoms with E-state index >= 15 is 0 Å². The highest BCUT2D eigenvalue weighted by atomic mass is 32.2. The van der Waals surface area contributed by atoms with Gasteiger partial charge in [-0.1, -0.05) is 16.5 Å². The zero-order valence-corrected chi connectivity index (χ0v) is 20.3. The van der Waals surface area contributed by atoms with Gasteiger partial charge in [0.15, 0.2) is 10.8 Å². The molecule has 15 heteroatoms. The number of nitrogens with two attached hydrogens (primary N) is 1. The number of anilines is 1. The third kappa shape index (κ3) is 5.14. The summed E-state index contributed by atoms with van der Waals surface area (Å²) in [6.45, 7) is 4.34. The molecular formula is C19H22FN5O7S2. The van der Waals surface area contributed by atoms with Crippen molar-refractivity contribution in [3.63, 3.8) is 0 Å². The van der Waals surface area contributed by atoms with Crippen LogP contribution in [0.25, 0.3) is 0 Å². The molecule has 0 radical (unpaired) electrons. The van der Waals surface area contributed by atoms with E-state index < -0.39 is 63.9 Å². The third-order valence-corrected chi connectivity index (χ3v) is 6.42. The Morgan fingerprint density at radius 2 is 2.06 bits per heavy atom. The molecule has 12 nitrogen and oxygen atoms in total. The fraction of sp³-hybridized carbons (Fsp3) is 0.474. The number of nitrogens with zero attached hydrogens (tertiary/aromatic N) is 3. The monoisotopic (exact) mass is 515 g/mol. The van der Waals surface area contributed by atoms with Crippen molar-refractivity contribution in [2.75, 3.05) is 25.4 Å². The lowest BCUT2D eigenvalue weighted by Gasteiger charge is -2.48. The molecule has 0 unspecified atom stereocenters. The standard InChI is InChI=1S/C19H22FN5O7S2/c1-19(2,3)17(29)32-7-31-16(28)8-5-6-33-15-11(14(27)25(8)15)22-13(26)10(24-30-4)9-12(20)34-18(21)23-9/h5,11,15H,6-7H2,1-4H3,(H2,21,23)(H,22,26)/t11-,15+/m1/s1. The number of fused-ring (bicyclic) bond motifs is 1. The summed E-state index contributed by atoms with van der Waals surface area (Å²) in [4.78, 5) is 59.2. The van der Waals surface area contributed by atoms with Gasteiger partial charge in [-0.3, -0.25) is 19.3 Å². The molecule has 1 aromatic rings. The van der Waals surface area contributed by atoms with E-state index in [9.17, 15) is 23.6 Å². The van der Waals surface area contributed by atoms with Gasteiger partial charge >= 0.3 is 11.9 Å². The Hall–Kier alpha value is -3.20. The summed E-state index contributed by atoms with van der Waals surface area (Å²) in [7, 11) is 1.16. The van der Waals surface area contributed by atoms with Crippen molar-refractivity contribution < 1.29 is 37.9 Å². The molecule has 0 bridgehead atoms. The van der Waals surface area contributed by atoms with Gasteiger partial charge in [-0.2, -0.15) is 4.39 Å². The van der Waals surface area contributed by atoms with Crippen LogP contribution in [-0.4, -0.2) is 70.4 Å². The Bertz CT molecular complexity index is 1080. The summed E-state index contributed by atoms with van der Waals surface area (Å²) in [6.07, 6.45) is 1.50. The number of rotatable bonds is 7. The van der Waals surface area contributed by atoms with Crippen LogP contribution in [0.5, 0.6) is 0 Å². The number of aromatic nitrogens is 1. The molecule has 0 spiro atoms. The van der Waals surface area contributed by atoms with Crippen molar-refractivity contribution in [2.24, 2.45) is 10.6 Å². The number of amides is 2. The smallest absolute Gasteiger partial charge is 0.357 e. The van der Waals surface area contributed by atoms with E-state index in [-0.39, 0.29) is 10.8 Å². The molecule has 2 aliphatic rings. The maximum atomic E-state index is 14.1. The van der Waals surface area contributed by atoms with E-state index in [1.165, 1.54) is 22.7 Å². The maximum Gasteiger partial charge on any atom is 0.357 e. The molecule has 1 fully saturated rings. The Balaban J connectivity index is 1.64. The van der Waals surface area contributed by atoms with Crippen LogP contribution in [-0.2, 0) is 33.5 Å². The van der Waals surface area contributed by atoms with E-state index in [0.717, 1.165) is 7.11 Å². The van der Waals surface area contributed by atoms with Gasteiger partial charge in [0.25, 0.3) is 11.8 Å². The summed E-state index contributed by atoms with van der Waals surface area (Å²) in [6, 6.07) is -1.02. The zero-order chi connectivity index (χ0) is 25.2. The first-order valence-electron chi connectivity index (χ1n) is 9.79. The summed E-state index contributed by atoms with van der Waals surface area (Å²) in [5, 5.41) is 4.41. The van der Waals surface area contributed by atoms with Crippen molar-refractivity contribution in [3.05, 3.63) is 22.6 Å². The van der Waals surface area contributed by atoms with E-state index in [1.54, 1.807) is 20.8 Å². The minimum atomic E-state index is -1.02. The largest absolute Gasteiger partial charge is 0.427 e. The van der Waals surface area contributed by atoms with Crippen LogP contribution >= 0.6 is 23.1 Å². The predicted molar refractivity (Wildman–Crippen MR) is 120 cm³/mol. The normalized spacial score (nSPS) is 20.0. The summed E-state index contributed by atoms with van der Waals surface area (Å²) in [5.41, 5.74) is 3.78. The maximum absolute atomic E-state index is 14.1. The SMILES string of the molecule is CON=C(C(=O)N[C@@H]1C(=O)N2C(C(=O)OCOC(=O)C(C)(C)C)=CCS[C@@H]12)c1nc(N)sc1F. The molecule has 2 atom stereocenters. The van der Waals surface area contributed by atoms with Crippen LogP contribution in [0.3, 0.4) is 0 Å². The van der Waals surface area contributed by atoms with Gasteiger partial charge in [-0.25, -0.2) is 9.78 Å². The molecule has 34 heavy (non-hydrogen) atoms. The quantitative estimate of drug-likeness (QED) is 0.173. The lowest BCUT2D eigenvalue weighted by Crippen LogP contribution is -2.70. The first-order valence-corrected chi connectivity index (χ1v) is 11.7. The highest BCUT2D eigenvalue weighted by Gasteiger charge is 2.53. The summed E-state index contributed by atoms with van der Waals surface area (Å²) in [5.74, 6) is -2.55. The highest BCUT2D eigenvalue weighted by Crippen LogP contribution is 2.38. The fourth-order valence-electron chi connectivity index (χ4n) is 2.91. The number of ether oxygens (including phenoxy) is 2. The van der Waals surface area contributed by atoms with Crippen molar-refractivity contribution in [2.45, 2.75) is 32.2 Å². The highest BCUT2D eigenvalue weighted by molar-refractivity contribution is 8.00. The molecule has 1 saturated heterocycles. The first kappa shape index (κ1) is 25.4. The van der Waals surface area contributed by atoms with Crippen LogP contribution in [0.1, 0.15) is 26.5 Å². The summed E-state index contributed by atoms with van der Waals surface area (Å²) < 4.78 is 23.9. The van der Waals surface area contributed by atoms with E-state index in [1.807, 2.05) is 0 Å². The number of nitrogen functional groups attached to an aromatic ring is 1. The van der Waals surface area contributed by atoms with Gasteiger partial charge in [0, 0.05) is 5.75 Å². The molecule has 2 amide bonds. The Kier molecular flexibility index (Phi) is 7.45. The number of hydrogen-bond acceptors (Lipinski definition) is 12. The number of carbonyl (C=O) groups excluding carboxylic acids is 4. The van der Waals surface area contributed by atoms with Crippen molar-refractivity contribution >= 4 is 57.7 Å². The van der Waals surface area contributed by atoms with Crippen LogP contribution in [0, 0.1) is 10.5 Å². The molecule has 184 valence electrons. The molecule has 3 N–H and O–H groups in total. The minimum Gasteiger partial charge on any atom is -0.427 e. The second kappa shape index (κ2) is 9.97. The number of nitrogens with one attached hydrogen (secondary N) is 1. The number of oxime groups is 1. The number of β-lactam (4-membered cyclic amide) rings is 1. The van der Waals surface area contributed by atoms with E-state index in [2.05, 4.69) is 20.3 Å². The second-order valence-electron chi connectivity index (χ2n) is 8.00. The topological polar surface area (TPSA) is 163 Å². The van der Waals surface area contributed by atoms with Gasteiger partial charge in [-0.15, -0.1) is 11.8 Å². The van der Waals surface area contributed by atoms with E-state index in [4.69, 9.17) is 15.2 Å². The number of thiazole rings is 1. The van der Waals surface area contributed by atoms with Gasteiger partial charge < -0.3 is 25.4 Å². The molecule has 3 rings (SSSR count). The Morgan fingerprint density at radius 3 is 2.65 bits per heavy atom. The zero-order valence-electron chi connectivity index (χ0n) is 18.6. The van der Waals surface area contributed by atoms with Gasteiger partial charge in [0.2, 0.25) is 11.9 Å². The van der Waals surface area contributed by atoms with Crippen LogP contribution in [0.4, 0.5) is 9.52 Å². The predicted octanol–water partition coefficient (Wildman–Crippen LogP) is 0.589. The van der Waals surface area contributed by atoms with Crippen LogP contribution in [0.2, 0.25) is 0 Å². The average molecular weight is 516 g/mol. The molecular weight excluding hydrogens is 493 g/mol. The molecule has 0 aliphatic carbocycles. The summed E-state index contributed by atoms with van der Waals surface area (Å²) >= 11 is 1.82. The van der Waals surface area contributed by atoms with Gasteiger partial charge in [0.05, 0.1) is 5.41 Å². The molecule has 0 aromatic carbocycles. The van der Waals surface area contributed by atoms with Crippen molar-refractivity contribution in [1.29, 1.82) is 0 Å². The molecule has 1 aromatic heterocycles.